The van der Waals surface area contributed by atoms with Gasteiger partial charge in [0, 0.05) is 51.4 Å². The highest BCUT2D eigenvalue weighted by Crippen LogP contribution is 2.49. The van der Waals surface area contributed by atoms with Crippen molar-refractivity contribution in [2.45, 2.75) is 39.2 Å². The minimum absolute atomic E-state index is 0.0156. The number of ketones is 1. The Morgan fingerprint density at radius 3 is 2.71 bits per heavy atom. The number of carbonyl (C=O) groups excluding carboxylic acids is 2. The van der Waals surface area contributed by atoms with Gasteiger partial charge in [-0.1, -0.05) is 55.2 Å². The molecule has 2 aliphatic rings. The number of anilines is 2. The predicted octanol–water partition coefficient (Wildman–Crippen LogP) is 7.59. The van der Waals surface area contributed by atoms with Crippen LogP contribution in [0.25, 0.3) is 10.9 Å². The summed E-state index contributed by atoms with van der Waals surface area (Å²) in [5.74, 6) is -0.491. The van der Waals surface area contributed by atoms with Gasteiger partial charge in [0.25, 0.3) is 0 Å². The maximum atomic E-state index is 13.9. The summed E-state index contributed by atoms with van der Waals surface area (Å²) in [7, 11) is 0. The zero-order valence-electron chi connectivity index (χ0n) is 23.4. The van der Waals surface area contributed by atoms with E-state index in [-0.39, 0.29) is 29.5 Å². The third-order valence-electron chi connectivity index (χ3n) is 8.02. The molecule has 2 heterocycles. The van der Waals surface area contributed by atoms with E-state index in [2.05, 4.69) is 29.5 Å². The highest BCUT2D eigenvalue weighted by Gasteiger charge is 2.42. The number of H-pyrrole nitrogens is 1. The molecule has 1 aliphatic heterocycles. The summed E-state index contributed by atoms with van der Waals surface area (Å²) in [6, 6.07) is 17.0. The number of fused-ring (bicyclic) bond motifs is 2. The lowest BCUT2D eigenvalue weighted by atomic mass is 9.73. The first-order valence-electron chi connectivity index (χ1n) is 14.0. The quantitative estimate of drug-likeness (QED) is 0.212. The number of hydrogen-bond acceptors (Lipinski definition) is 4. The number of nitrogens with one attached hydrogen (secondary N) is 3. The largest absolute Gasteiger partial charge is 0.361 e. The van der Waals surface area contributed by atoms with Crippen LogP contribution in [0.15, 0.2) is 78.1 Å². The lowest BCUT2D eigenvalue weighted by Crippen LogP contribution is -2.42. The summed E-state index contributed by atoms with van der Waals surface area (Å²) in [6.07, 6.45) is 3.44. The maximum absolute atomic E-state index is 13.9. The van der Waals surface area contributed by atoms with Crippen LogP contribution in [0.5, 0.6) is 0 Å². The second kappa shape index (κ2) is 11.1. The highest BCUT2D eigenvalue weighted by molar-refractivity contribution is 6.35. The standard InChI is InChI=1S/C33H31Cl2FN4O2/c1-33(2)15-27-31(29(41)16-33)32(22-9-7-20(34)13-24(22)35)40(28-6-4-3-5-26(28)39-27)18-30(42)37-12-11-19-17-38-25-10-8-21(36)14-23(19)25/h3-10,13-14,17,32,38-39H,11-12,15-16,18H2,1-2H3,(H,37,42). The molecule has 1 amide bonds. The summed E-state index contributed by atoms with van der Waals surface area (Å²) in [6.45, 7) is 4.53. The molecule has 1 aromatic heterocycles. The van der Waals surface area contributed by atoms with Gasteiger partial charge in [-0.05, 0) is 71.8 Å². The van der Waals surface area contributed by atoms with Gasteiger partial charge in [0.2, 0.25) is 5.91 Å². The minimum Gasteiger partial charge on any atom is -0.361 e. The first-order valence-corrected chi connectivity index (χ1v) is 14.7. The van der Waals surface area contributed by atoms with Crippen molar-refractivity contribution in [3.8, 4) is 0 Å². The van der Waals surface area contributed by atoms with Crippen molar-refractivity contribution in [1.82, 2.24) is 10.3 Å². The molecule has 4 aromatic rings. The number of para-hydroxylation sites is 2. The van der Waals surface area contributed by atoms with E-state index in [0.717, 1.165) is 33.5 Å². The number of aromatic amines is 1. The van der Waals surface area contributed by atoms with Gasteiger partial charge in [0.1, 0.15) is 5.82 Å². The van der Waals surface area contributed by atoms with Crippen molar-refractivity contribution < 1.29 is 14.0 Å². The van der Waals surface area contributed by atoms with Crippen LogP contribution < -0.4 is 15.5 Å². The summed E-state index contributed by atoms with van der Waals surface area (Å²) >= 11 is 13.0. The molecule has 0 saturated heterocycles. The number of carbonyl (C=O) groups is 2. The van der Waals surface area contributed by atoms with E-state index in [9.17, 15) is 14.0 Å². The molecule has 42 heavy (non-hydrogen) atoms. The maximum Gasteiger partial charge on any atom is 0.239 e. The second-order valence-corrected chi connectivity index (χ2v) is 12.6. The van der Waals surface area contributed by atoms with Crippen LogP contribution in [-0.2, 0) is 16.0 Å². The number of hydrogen-bond donors (Lipinski definition) is 3. The molecule has 1 unspecified atom stereocenters. The number of rotatable bonds is 6. The van der Waals surface area contributed by atoms with Gasteiger partial charge in [-0.2, -0.15) is 0 Å². The van der Waals surface area contributed by atoms with E-state index in [0.29, 0.717) is 47.0 Å². The number of amides is 1. The normalized spacial score (nSPS) is 17.9. The van der Waals surface area contributed by atoms with Crippen molar-refractivity contribution in [2.75, 3.05) is 23.3 Å². The van der Waals surface area contributed by atoms with Gasteiger partial charge in [0.15, 0.2) is 5.78 Å². The number of Topliss-reactive ketones (excluding diaryl/α,β-unsaturated/α-hetero) is 1. The molecule has 0 saturated carbocycles. The molecule has 6 nitrogen and oxygen atoms in total. The zero-order chi connectivity index (χ0) is 29.6. The molecule has 0 bridgehead atoms. The fraction of sp³-hybridized carbons (Fsp3) is 0.273. The Hall–Kier alpha value is -3.81. The van der Waals surface area contributed by atoms with Crippen molar-refractivity contribution in [3.63, 3.8) is 0 Å². The molecular weight excluding hydrogens is 574 g/mol. The fourth-order valence-electron chi connectivity index (χ4n) is 6.18. The van der Waals surface area contributed by atoms with Gasteiger partial charge >= 0.3 is 0 Å². The lowest BCUT2D eigenvalue weighted by Gasteiger charge is -2.38. The monoisotopic (exact) mass is 604 g/mol. The van der Waals surface area contributed by atoms with Crippen molar-refractivity contribution in [2.24, 2.45) is 5.41 Å². The average molecular weight is 606 g/mol. The van der Waals surface area contributed by atoms with E-state index in [1.165, 1.54) is 12.1 Å². The number of halogens is 3. The average Bonchev–Trinajstić information content (AvgIpc) is 3.26. The topological polar surface area (TPSA) is 77.2 Å². The van der Waals surface area contributed by atoms with Gasteiger partial charge in [-0.25, -0.2) is 4.39 Å². The summed E-state index contributed by atoms with van der Waals surface area (Å²) in [5, 5.41) is 8.29. The van der Waals surface area contributed by atoms with E-state index in [4.69, 9.17) is 23.2 Å². The molecule has 0 fully saturated rings. The van der Waals surface area contributed by atoms with E-state index in [1.807, 2.05) is 41.4 Å². The summed E-state index contributed by atoms with van der Waals surface area (Å²) in [4.78, 5) is 32.5. The number of allylic oxidation sites excluding steroid dienone is 1. The summed E-state index contributed by atoms with van der Waals surface area (Å²) < 4.78 is 13.8. The Balaban J connectivity index is 1.34. The zero-order valence-corrected chi connectivity index (χ0v) is 24.9. The fourth-order valence-corrected chi connectivity index (χ4v) is 6.69. The SMILES string of the molecule is CC1(C)CC(=O)C2=C(C1)Nc1ccccc1N(CC(=O)NCCc1c[nH]c3ccc(F)cc13)C2c1ccc(Cl)cc1Cl. The third-order valence-corrected chi connectivity index (χ3v) is 8.58. The molecule has 6 rings (SSSR count). The van der Waals surface area contributed by atoms with Gasteiger partial charge < -0.3 is 20.5 Å². The lowest BCUT2D eigenvalue weighted by molar-refractivity contribution is -0.120. The van der Waals surface area contributed by atoms with Crippen LogP contribution >= 0.6 is 23.2 Å². The third kappa shape index (κ3) is 5.51. The molecular formula is C33H31Cl2FN4O2. The Labute approximate surface area is 253 Å². The van der Waals surface area contributed by atoms with Crippen molar-refractivity contribution >= 4 is 57.2 Å². The minimum atomic E-state index is -0.605. The van der Waals surface area contributed by atoms with Crippen LogP contribution in [0.4, 0.5) is 15.8 Å². The van der Waals surface area contributed by atoms with Crippen molar-refractivity contribution in [3.05, 3.63) is 105 Å². The van der Waals surface area contributed by atoms with Crippen LogP contribution in [0.1, 0.15) is 43.9 Å². The highest BCUT2D eigenvalue weighted by atomic mass is 35.5. The molecule has 0 spiro atoms. The Morgan fingerprint density at radius 1 is 1.10 bits per heavy atom. The molecule has 1 atom stereocenters. The van der Waals surface area contributed by atoms with Gasteiger partial charge in [-0.15, -0.1) is 0 Å². The smallest absolute Gasteiger partial charge is 0.239 e. The van der Waals surface area contributed by atoms with Crippen LogP contribution in [0, 0.1) is 11.2 Å². The van der Waals surface area contributed by atoms with E-state index < -0.39 is 6.04 Å². The van der Waals surface area contributed by atoms with Crippen LogP contribution in [0.2, 0.25) is 10.0 Å². The molecule has 3 aromatic carbocycles. The molecule has 216 valence electrons. The number of benzene rings is 3. The predicted molar refractivity (Wildman–Crippen MR) is 167 cm³/mol. The van der Waals surface area contributed by atoms with Gasteiger partial charge in [-0.3, -0.25) is 9.59 Å². The Kier molecular flexibility index (Phi) is 7.50. The van der Waals surface area contributed by atoms with Crippen LogP contribution in [0.3, 0.4) is 0 Å². The van der Waals surface area contributed by atoms with E-state index in [1.54, 1.807) is 18.2 Å². The van der Waals surface area contributed by atoms with Crippen molar-refractivity contribution in [1.29, 1.82) is 0 Å². The number of aromatic nitrogens is 1. The van der Waals surface area contributed by atoms with Crippen LogP contribution in [-0.4, -0.2) is 29.8 Å². The molecule has 3 N–H and O–H groups in total. The first kappa shape index (κ1) is 28.3. The first-order chi connectivity index (χ1) is 20.1. The molecule has 9 heteroatoms. The molecule has 0 radical (unpaired) electrons. The second-order valence-electron chi connectivity index (χ2n) is 11.8. The Bertz CT molecular complexity index is 1750. The summed E-state index contributed by atoms with van der Waals surface area (Å²) in [5.41, 5.74) is 5.31. The number of nitrogens with zero attached hydrogens (tertiary/aromatic N) is 1. The molecule has 1 aliphatic carbocycles. The Morgan fingerprint density at radius 2 is 1.90 bits per heavy atom. The van der Waals surface area contributed by atoms with Gasteiger partial charge in [0.05, 0.1) is 24.0 Å². The van der Waals surface area contributed by atoms with E-state index >= 15 is 0 Å².